The van der Waals surface area contributed by atoms with Crippen LogP contribution in [0, 0.1) is 0 Å². The summed E-state index contributed by atoms with van der Waals surface area (Å²) in [5, 5.41) is 8.79. The minimum atomic E-state index is -3.59. The number of nitrogens with zero attached hydrogens (tertiary/aromatic N) is 2. The Kier molecular flexibility index (Phi) is 3.12. The lowest BCUT2D eigenvalue weighted by atomic mass is 10.3. The molecule has 0 atom stereocenters. The number of aromatic nitrogens is 1. The molecular formula is C10H12N2O4S. The third-order valence-electron chi connectivity index (χ3n) is 2.66. The molecule has 0 unspecified atom stereocenters. The lowest BCUT2D eigenvalue weighted by Gasteiger charge is -2.15. The van der Waals surface area contributed by atoms with E-state index in [1.807, 2.05) is 0 Å². The summed E-state index contributed by atoms with van der Waals surface area (Å²) < 4.78 is 25.6. The monoisotopic (exact) mass is 256 g/mol. The zero-order chi connectivity index (χ0) is 12.5. The first-order chi connectivity index (χ1) is 8.01. The number of carboxylic acid groups (broad SMARTS) is 1. The molecule has 2 rings (SSSR count). The van der Waals surface area contributed by atoms with Gasteiger partial charge in [-0.3, -0.25) is 4.98 Å². The molecule has 0 aromatic carbocycles. The highest BCUT2D eigenvalue weighted by Crippen LogP contribution is 2.20. The number of hydrogen-bond donors (Lipinski definition) is 1. The summed E-state index contributed by atoms with van der Waals surface area (Å²) in [6.07, 6.45) is 3.99. The summed E-state index contributed by atoms with van der Waals surface area (Å²) in [4.78, 5) is 14.4. The number of rotatable bonds is 3. The van der Waals surface area contributed by atoms with Crippen LogP contribution < -0.4 is 0 Å². The molecule has 0 radical (unpaired) electrons. The minimum Gasteiger partial charge on any atom is -0.478 e. The average Bonchev–Trinajstić information content (AvgIpc) is 2.83. The van der Waals surface area contributed by atoms with Gasteiger partial charge in [-0.1, -0.05) is 0 Å². The Morgan fingerprint density at radius 1 is 1.29 bits per heavy atom. The SMILES string of the molecule is O=C(O)c1cncc(S(=O)(=O)N2CCCC2)c1. The number of carboxylic acids is 1. The number of aromatic carboxylic acids is 1. The van der Waals surface area contributed by atoms with Gasteiger partial charge in [0.05, 0.1) is 5.56 Å². The topological polar surface area (TPSA) is 87.6 Å². The molecule has 6 nitrogen and oxygen atoms in total. The van der Waals surface area contributed by atoms with Crippen LogP contribution in [0.5, 0.6) is 0 Å². The summed E-state index contributed by atoms with van der Waals surface area (Å²) in [6.45, 7) is 0.971. The molecule has 0 amide bonds. The Bertz CT molecular complexity index is 535. The van der Waals surface area contributed by atoms with E-state index in [-0.39, 0.29) is 10.5 Å². The van der Waals surface area contributed by atoms with Crippen LogP contribution in [0.4, 0.5) is 0 Å². The first kappa shape index (κ1) is 12.0. The fourth-order valence-electron chi connectivity index (χ4n) is 1.75. The fraction of sp³-hybridized carbons (Fsp3) is 0.400. The van der Waals surface area contributed by atoms with E-state index in [0.29, 0.717) is 13.1 Å². The quantitative estimate of drug-likeness (QED) is 0.854. The van der Waals surface area contributed by atoms with Crippen molar-refractivity contribution in [3.63, 3.8) is 0 Å². The molecule has 1 aromatic rings. The van der Waals surface area contributed by atoms with Gasteiger partial charge in [0.25, 0.3) is 0 Å². The highest BCUT2D eigenvalue weighted by molar-refractivity contribution is 7.89. The van der Waals surface area contributed by atoms with E-state index < -0.39 is 16.0 Å². The smallest absolute Gasteiger partial charge is 0.337 e. The molecule has 1 aliphatic rings. The van der Waals surface area contributed by atoms with Crippen LogP contribution in [0.3, 0.4) is 0 Å². The van der Waals surface area contributed by atoms with Crippen LogP contribution in [-0.4, -0.2) is 41.9 Å². The van der Waals surface area contributed by atoms with E-state index in [2.05, 4.69) is 4.98 Å². The van der Waals surface area contributed by atoms with Crippen LogP contribution in [0.25, 0.3) is 0 Å². The Balaban J connectivity index is 2.39. The van der Waals surface area contributed by atoms with Gasteiger partial charge in [0, 0.05) is 25.5 Å². The maximum atomic E-state index is 12.1. The number of sulfonamides is 1. The first-order valence-corrected chi connectivity index (χ1v) is 6.64. The molecule has 0 bridgehead atoms. The highest BCUT2D eigenvalue weighted by Gasteiger charge is 2.27. The predicted molar refractivity (Wildman–Crippen MR) is 59.2 cm³/mol. The van der Waals surface area contributed by atoms with Crippen molar-refractivity contribution in [3.8, 4) is 0 Å². The van der Waals surface area contributed by atoms with Crippen molar-refractivity contribution in [2.45, 2.75) is 17.7 Å². The Labute approximate surface area is 98.9 Å². The van der Waals surface area contributed by atoms with E-state index >= 15 is 0 Å². The summed E-state index contributed by atoms with van der Waals surface area (Å²) in [5.41, 5.74) is -0.120. The van der Waals surface area contributed by atoms with E-state index in [0.717, 1.165) is 25.1 Å². The van der Waals surface area contributed by atoms with Crippen molar-refractivity contribution in [1.82, 2.24) is 9.29 Å². The molecule has 2 heterocycles. The van der Waals surface area contributed by atoms with Gasteiger partial charge in [-0.2, -0.15) is 4.31 Å². The predicted octanol–water partition coefficient (Wildman–Crippen LogP) is 0.564. The van der Waals surface area contributed by atoms with Crippen molar-refractivity contribution in [2.24, 2.45) is 0 Å². The van der Waals surface area contributed by atoms with Crippen molar-refractivity contribution in [1.29, 1.82) is 0 Å². The number of carbonyl (C=O) groups is 1. The normalized spacial score (nSPS) is 17.2. The molecule has 0 spiro atoms. The van der Waals surface area contributed by atoms with Crippen molar-refractivity contribution < 1.29 is 18.3 Å². The Hall–Kier alpha value is -1.47. The zero-order valence-electron chi connectivity index (χ0n) is 9.04. The highest BCUT2D eigenvalue weighted by atomic mass is 32.2. The Morgan fingerprint density at radius 3 is 2.53 bits per heavy atom. The summed E-state index contributed by atoms with van der Waals surface area (Å²) >= 11 is 0. The largest absolute Gasteiger partial charge is 0.478 e. The van der Waals surface area contributed by atoms with Gasteiger partial charge in [0.15, 0.2) is 0 Å². The van der Waals surface area contributed by atoms with E-state index in [9.17, 15) is 13.2 Å². The fourth-order valence-corrected chi connectivity index (χ4v) is 3.26. The van der Waals surface area contributed by atoms with Gasteiger partial charge in [0.2, 0.25) is 10.0 Å². The molecule has 17 heavy (non-hydrogen) atoms. The second-order valence-corrected chi connectivity index (χ2v) is 5.76. The van der Waals surface area contributed by atoms with Gasteiger partial charge < -0.3 is 5.11 Å². The van der Waals surface area contributed by atoms with Crippen LogP contribution in [0.2, 0.25) is 0 Å². The van der Waals surface area contributed by atoms with E-state index in [1.165, 1.54) is 10.5 Å². The first-order valence-electron chi connectivity index (χ1n) is 5.20. The average molecular weight is 256 g/mol. The van der Waals surface area contributed by atoms with Crippen LogP contribution >= 0.6 is 0 Å². The van der Waals surface area contributed by atoms with Crippen molar-refractivity contribution in [2.75, 3.05) is 13.1 Å². The molecule has 0 saturated carbocycles. The van der Waals surface area contributed by atoms with Gasteiger partial charge >= 0.3 is 5.97 Å². The van der Waals surface area contributed by atoms with E-state index in [1.54, 1.807) is 0 Å². The molecule has 1 fully saturated rings. The minimum absolute atomic E-state index is 0.0562. The lowest BCUT2D eigenvalue weighted by Crippen LogP contribution is -2.28. The van der Waals surface area contributed by atoms with Gasteiger partial charge in [-0.15, -0.1) is 0 Å². The van der Waals surface area contributed by atoms with Crippen molar-refractivity contribution in [3.05, 3.63) is 24.0 Å². The molecule has 7 heteroatoms. The van der Waals surface area contributed by atoms with Crippen molar-refractivity contribution >= 4 is 16.0 Å². The summed E-state index contributed by atoms with van der Waals surface area (Å²) in [6, 6.07) is 1.14. The Morgan fingerprint density at radius 2 is 1.94 bits per heavy atom. The molecule has 1 saturated heterocycles. The van der Waals surface area contributed by atoms with Gasteiger partial charge in [0.1, 0.15) is 4.90 Å². The third-order valence-corrected chi connectivity index (χ3v) is 4.53. The summed E-state index contributed by atoms with van der Waals surface area (Å²) in [7, 11) is -3.59. The van der Waals surface area contributed by atoms with Gasteiger partial charge in [-0.05, 0) is 18.9 Å². The lowest BCUT2D eigenvalue weighted by molar-refractivity contribution is 0.0696. The van der Waals surface area contributed by atoms with Crippen LogP contribution in [0.15, 0.2) is 23.4 Å². The molecule has 92 valence electrons. The number of hydrogen-bond acceptors (Lipinski definition) is 4. The second kappa shape index (κ2) is 4.42. The maximum absolute atomic E-state index is 12.1. The van der Waals surface area contributed by atoms with E-state index in [4.69, 9.17) is 5.11 Å². The molecular weight excluding hydrogens is 244 g/mol. The molecule has 1 aromatic heterocycles. The third kappa shape index (κ3) is 2.29. The summed E-state index contributed by atoms with van der Waals surface area (Å²) in [5.74, 6) is -1.18. The number of pyridine rings is 1. The molecule has 1 N–H and O–H groups in total. The second-order valence-electron chi connectivity index (χ2n) is 3.83. The standard InChI is InChI=1S/C10H12N2O4S/c13-10(14)8-5-9(7-11-6-8)17(15,16)12-3-1-2-4-12/h5-7H,1-4H2,(H,13,14). The zero-order valence-corrected chi connectivity index (χ0v) is 9.85. The van der Waals surface area contributed by atoms with Crippen LogP contribution in [0.1, 0.15) is 23.2 Å². The molecule has 0 aliphatic carbocycles. The van der Waals surface area contributed by atoms with Crippen LogP contribution in [-0.2, 0) is 10.0 Å². The maximum Gasteiger partial charge on any atom is 0.337 e. The molecule has 1 aliphatic heterocycles. The van der Waals surface area contributed by atoms with Gasteiger partial charge in [-0.25, -0.2) is 13.2 Å².